The number of carbonyl (C=O) groups is 1. The van der Waals surface area contributed by atoms with E-state index in [1.807, 2.05) is 58.0 Å². The van der Waals surface area contributed by atoms with E-state index in [0.717, 1.165) is 16.7 Å². The van der Waals surface area contributed by atoms with Crippen molar-refractivity contribution in [1.82, 2.24) is 20.4 Å². The number of aryl methyl sites for hydroxylation is 2. The molecule has 26 heavy (non-hydrogen) atoms. The fourth-order valence-electron chi connectivity index (χ4n) is 2.60. The van der Waals surface area contributed by atoms with Crippen molar-refractivity contribution >= 4 is 5.91 Å². The van der Waals surface area contributed by atoms with Crippen molar-refractivity contribution in [3.63, 3.8) is 0 Å². The third-order valence-electron chi connectivity index (χ3n) is 4.37. The van der Waals surface area contributed by atoms with Crippen LogP contribution in [0, 0.1) is 19.8 Å². The summed E-state index contributed by atoms with van der Waals surface area (Å²) >= 11 is 0. The van der Waals surface area contributed by atoms with Gasteiger partial charge < -0.3 is 9.84 Å². The molecule has 1 aromatic carbocycles. The van der Waals surface area contributed by atoms with Crippen LogP contribution in [0.2, 0.25) is 0 Å². The van der Waals surface area contributed by atoms with Crippen LogP contribution in [-0.4, -0.2) is 21.0 Å². The number of rotatable bonds is 5. The van der Waals surface area contributed by atoms with Gasteiger partial charge in [-0.15, -0.1) is 0 Å². The predicted molar refractivity (Wildman–Crippen MR) is 98.5 cm³/mol. The van der Waals surface area contributed by atoms with Gasteiger partial charge in [0, 0.05) is 23.5 Å². The molecule has 0 aliphatic carbocycles. The zero-order valence-corrected chi connectivity index (χ0v) is 15.4. The quantitative estimate of drug-likeness (QED) is 0.755. The van der Waals surface area contributed by atoms with Crippen LogP contribution in [0.4, 0.5) is 0 Å². The number of carbonyl (C=O) groups excluding carboxylic acids is 1. The summed E-state index contributed by atoms with van der Waals surface area (Å²) in [4.78, 5) is 21.1. The molecule has 6 nitrogen and oxygen atoms in total. The van der Waals surface area contributed by atoms with Crippen LogP contribution in [0.1, 0.15) is 47.3 Å². The first-order chi connectivity index (χ1) is 12.5. The molecule has 3 rings (SSSR count). The molecule has 0 saturated heterocycles. The Labute approximate surface area is 152 Å². The van der Waals surface area contributed by atoms with Gasteiger partial charge in [0.25, 0.3) is 5.91 Å². The molecule has 0 aliphatic heterocycles. The van der Waals surface area contributed by atoms with Crippen LogP contribution in [0.3, 0.4) is 0 Å². The van der Waals surface area contributed by atoms with E-state index < -0.39 is 0 Å². The normalized spacial score (nSPS) is 12.2. The number of hydrogen-bond donors (Lipinski definition) is 1. The molecule has 2 aromatic heterocycles. The first-order valence-electron chi connectivity index (χ1n) is 8.58. The maximum absolute atomic E-state index is 12.7. The number of hydrogen-bond acceptors (Lipinski definition) is 5. The summed E-state index contributed by atoms with van der Waals surface area (Å²) in [5.41, 5.74) is 3.67. The molecule has 0 aliphatic rings. The van der Waals surface area contributed by atoms with Crippen LogP contribution in [0.15, 0.2) is 47.2 Å². The van der Waals surface area contributed by atoms with Crippen LogP contribution in [0.5, 0.6) is 0 Å². The highest BCUT2D eigenvalue weighted by Gasteiger charge is 2.25. The van der Waals surface area contributed by atoms with Crippen molar-refractivity contribution < 1.29 is 9.32 Å². The molecule has 2 heterocycles. The lowest BCUT2D eigenvalue weighted by atomic mass is 10.0. The molecule has 0 bridgehead atoms. The van der Waals surface area contributed by atoms with Gasteiger partial charge in [0.1, 0.15) is 6.04 Å². The van der Waals surface area contributed by atoms with Gasteiger partial charge >= 0.3 is 0 Å². The number of benzene rings is 1. The van der Waals surface area contributed by atoms with E-state index in [4.69, 9.17) is 4.52 Å². The summed E-state index contributed by atoms with van der Waals surface area (Å²) in [6, 6.07) is 8.92. The molecule has 134 valence electrons. The Morgan fingerprint density at radius 1 is 1.08 bits per heavy atom. The fourth-order valence-corrected chi connectivity index (χ4v) is 2.60. The van der Waals surface area contributed by atoms with E-state index >= 15 is 0 Å². The summed E-state index contributed by atoms with van der Waals surface area (Å²) in [5.74, 6) is 0.809. The van der Waals surface area contributed by atoms with Crippen LogP contribution < -0.4 is 5.32 Å². The SMILES string of the molecule is Cc1ccc(C(=O)NC(c2nc(-c3ccncc3)no2)C(C)C)cc1C. The summed E-state index contributed by atoms with van der Waals surface area (Å²) in [5, 5.41) is 7.04. The minimum absolute atomic E-state index is 0.0937. The fraction of sp³-hybridized carbons (Fsp3) is 0.300. The lowest BCUT2D eigenvalue weighted by molar-refractivity contribution is 0.0914. The Morgan fingerprint density at radius 3 is 2.46 bits per heavy atom. The van der Waals surface area contributed by atoms with Gasteiger partial charge in [-0.2, -0.15) is 4.98 Å². The van der Waals surface area contributed by atoms with Crippen molar-refractivity contribution in [2.45, 2.75) is 33.7 Å². The molecule has 1 atom stereocenters. The van der Waals surface area contributed by atoms with Crippen molar-refractivity contribution in [2.75, 3.05) is 0 Å². The molecular formula is C20H22N4O2. The molecule has 1 N–H and O–H groups in total. The molecule has 1 unspecified atom stereocenters. The van der Waals surface area contributed by atoms with Crippen molar-refractivity contribution in [1.29, 1.82) is 0 Å². The Hall–Kier alpha value is -3.02. The van der Waals surface area contributed by atoms with E-state index in [9.17, 15) is 4.79 Å². The van der Waals surface area contributed by atoms with Crippen molar-refractivity contribution in [3.05, 3.63) is 65.3 Å². The smallest absolute Gasteiger partial charge is 0.251 e. The van der Waals surface area contributed by atoms with E-state index in [1.165, 1.54) is 0 Å². The van der Waals surface area contributed by atoms with E-state index in [1.54, 1.807) is 12.4 Å². The van der Waals surface area contributed by atoms with Gasteiger partial charge in [-0.3, -0.25) is 9.78 Å². The van der Waals surface area contributed by atoms with Gasteiger partial charge in [-0.25, -0.2) is 0 Å². The second-order valence-corrected chi connectivity index (χ2v) is 6.69. The largest absolute Gasteiger partial charge is 0.340 e. The average Bonchev–Trinajstić information content (AvgIpc) is 3.12. The first-order valence-corrected chi connectivity index (χ1v) is 8.58. The van der Waals surface area contributed by atoms with Crippen LogP contribution in [-0.2, 0) is 0 Å². The maximum Gasteiger partial charge on any atom is 0.251 e. The lowest BCUT2D eigenvalue weighted by Crippen LogP contribution is -2.32. The Bertz CT molecular complexity index is 903. The Kier molecular flexibility index (Phi) is 5.11. The summed E-state index contributed by atoms with van der Waals surface area (Å²) in [7, 11) is 0. The Morgan fingerprint density at radius 2 is 1.81 bits per heavy atom. The monoisotopic (exact) mass is 350 g/mol. The van der Waals surface area contributed by atoms with E-state index in [2.05, 4.69) is 20.4 Å². The molecule has 0 fully saturated rings. The average molecular weight is 350 g/mol. The second kappa shape index (κ2) is 7.47. The van der Waals surface area contributed by atoms with Crippen molar-refractivity contribution in [2.24, 2.45) is 5.92 Å². The summed E-state index contributed by atoms with van der Waals surface area (Å²) < 4.78 is 5.43. The summed E-state index contributed by atoms with van der Waals surface area (Å²) in [6.07, 6.45) is 3.35. The van der Waals surface area contributed by atoms with Gasteiger partial charge in [0.15, 0.2) is 0 Å². The minimum Gasteiger partial charge on any atom is -0.340 e. The molecular weight excluding hydrogens is 328 g/mol. The maximum atomic E-state index is 12.7. The number of amides is 1. The summed E-state index contributed by atoms with van der Waals surface area (Å²) in [6.45, 7) is 8.02. The number of nitrogens with one attached hydrogen (secondary N) is 1. The van der Waals surface area contributed by atoms with Gasteiger partial charge in [0.2, 0.25) is 11.7 Å². The molecule has 0 radical (unpaired) electrons. The van der Waals surface area contributed by atoms with Gasteiger partial charge in [-0.05, 0) is 55.2 Å². The zero-order valence-electron chi connectivity index (χ0n) is 15.4. The highest BCUT2D eigenvalue weighted by Crippen LogP contribution is 2.24. The molecule has 6 heteroatoms. The lowest BCUT2D eigenvalue weighted by Gasteiger charge is -2.18. The highest BCUT2D eigenvalue weighted by molar-refractivity contribution is 5.94. The van der Waals surface area contributed by atoms with Crippen molar-refractivity contribution in [3.8, 4) is 11.4 Å². The Balaban J connectivity index is 1.82. The number of pyridine rings is 1. The standard InChI is InChI=1S/C20H22N4O2/c1-12(2)17(22-19(25)16-6-5-13(3)14(4)11-16)20-23-18(24-26-20)15-7-9-21-10-8-15/h5-12,17H,1-4H3,(H,22,25). The topological polar surface area (TPSA) is 80.9 Å². The van der Waals surface area contributed by atoms with E-state index in [0.29, 0.717) is 17.3 Å². The predicted octanol–water partition coefficient (Wildman–Crippen LogP) is 3.88. The molecule has 0 saturated carbocycles. The molecule has 3 aromatic rings. The van der Waals surface area contributed by atoms with Crippen LogP contribution in [0.25, 0.3) is 11.4 Å². The molecule has 0 spiro atoms. The minimum atomic E-state index is -0.368. The number of aromatic nitrogens is 3. The van der Waals surface area contributed by atoms with Gasteiger partial charge in [-0.1, -0.05) is 25.1 Å². The number of nitrogens with zero attached hydrogens (tertiary/aromatic N) is 3. The van der Waals surface area contributed by atoms with Gasteiger partial charge in [0.05, 0.1) is 0 Å². The third-order valence-corrected chi connectivity index (χ3v) is 4.37. The second-order valence-electron chi connectivity index (χ2n) is 6.69. The molecule has 1 amide bonds. The third kappa shape index (κ3) is 3.79. The zero-order chi connectivity index (χ0) is 18.7. The van der Waals surface area contributed by atoms with Crippen LogP contribution >= 0.6 is 0 Å². The van der Waals surface area contributed by atoms with E-state index in [-0.39, 0.29) is 17.9 Å². The first kappa shape index (κ1) is 17.8. The highest BCUT2D eigenvalue weighted by atomic mass is 16.5.